The summed E-state index contributed by atoms with van der Waals surface area (Å²) in [5.74, 6) is -0.844. The second-order valence-corrected chi connectivity index (χ2v) is 9.20. The predicted octanol–water partition coefficient (Wildman–Crippen LogP) is 2.71. The Labute approximate surface area is 169 Å². The van der Waals surface area contributed by atoms with Crippen molar-refractivity contribution in [1.29, 1.82) is 0 Å². The molecule has 0 atom stereocenters. The van der Waals surface area contributed by atoms with Crippen LogP contribution in [-0.4, -0.2) is 61.3 Å². The number of aromatic nitrogens is 1. The molecule has 2 heterocycles. The van der Waals surface area contributed by atoms with Crippen molar-refractivity contribution in [3.8, 4) is 0 Å². The van der Waals surface area contributed by atoms with Crippen molar-refractivity contribution < 1.29 is 17.6 Å². The summed E-state index contributed by atoms with van der Waals surface area (Å²) in [5.41, 5.74) is 1.49. The molecule has 1 saturated heterocycles. The lowest BCUT2D eigenvalue weighted by Gasteiger charge is -2.32. The van der Waals surface area contributed by atoms with Crippen LogP contribution < -0.4 is 0 Å². The first-order chi connectivity index (χ1) is 13.8. The summed E-state index contributed by atoms with van der Waals surface area (Å²) in [6.45, 7) is 4.44. The molecular weight excluding hydrogens is 393 g/mol. The van der Waals surface area contributed by atoms with Crippen LogP contribution >= 0.6 is 0 Å². The van der Waals surface area contributed by atoms with Crippen molar-refractivity contribution in [3.05, 3.63) is 65.6 Å². The maximum atomic E-state index is 13.4. The average Bonchev–Trinajstić information content (AvgIpc) is 3.07. The van der Waals surface area contributed by atoms with Crippen LogP contribution in [-0.2, 0) is 10.0 Å². The lowest BCUT2D eigenvalue weighted by atomic mass is 10.2. The van der Waals surface area contributed by atoms with Crippen molar-refractivity contribution in [2.45, 2.75) is 11.8 Å². The Morgan fingerprint density at radius 3 is 2.28 bits per heavy atom. The third-order valence-electron chi connectivity index (χ3n) is 5.27. The van der Waals surface area contributed by atoms with Crippen LogP contribution in [0.1, 0.15) is 16.1 Å². The van der Waals surface area contributed by atoms with Crippen LogP contribution in [0.3, 0.4) is 0 Å². The van der Waals surface area contributed by atoms with E-state index in [9.17, 15) is 17.6 Å². The van der Waals surface area contributed by atoms with E-state index in [-0.39, 0.29) is 16.5 Å². The molecule has 6 nitrogen and oxygen atoms in total. The zero-order chi connectivity index (χ0) is 20.8. The van der Waals surface area contributed by atoms with Crippen LogP contribution in [0.15, 0.2) is 53.4 Å². The number of fused-ring (bicyclic) bond motifs is 1. The third-order valence-corrected chi connectivity index (χ3v) is 7.02. The number of hydrogen-bond donors (Lipinski definition) is 0. The standard InChI is InChI=1S/C21H22FN3O3S/c1-15-3-8-19-16(13-15)14-20(21(26)24-11-9-23(2)10-12-24)25(19)29(27,28)18-6-4-17(22)5-7-18/h3-8,13-14H,9-12H2,1-2H3. The fourth-order valence-corrected chi connectivity index (χ4v) is 5.11. The minimum absolute atomic E-state index is 0.0654. The maximum absolute atomic E-state index is 13.4. The van der Waals surface area contributed by atoms with Gasteiger partial charge in [-0.25, -0.2) is 16.8 Å². The Bertz CT molecular complexity index is 1180. The fraction of sp³-hybridized carbons (Fsp3) is 0.286. The van der Waals surface area contributed by atoms with Gasteiger partial charge < -0.3 is 9.80 Å². The predicted molar refractivity (Wildman–Crippen MR) is 109 cm³/mol. The molecule has 152 valence electrons. The van der Waals surface area contributed by atoms with Gasteiger partial charge in [-0.1, -0.05) is 11.6 Å². The quantitative estimate of drug-likeness (QED) is 0.660. The number of benzene rings is 2. The monoisotopic (exact) mass is 415 g/mol. The van der Waals surface area contributed by atoms with Gasteiger partial charge in [0.2, 0.25) is 0 Å². The van der Waals surface area contributed by atoms with Gasteiger partial charge in [-0.15, -0.1) is 0 Å². The molecule has 0 N–H and O–H groups in total. The van der Waals surface area contributed by atoms with Crippen molar-refractivity contribution in [2.75, 3.05) is 33.2 Å². The number of carbonyl (C=O) groups excluding carboxylic acids is 1. The van der Waals surface area contributed by atoms with Crippen LogP contribution in [0, 0.1) is 12.7 Å². The zero-order valence-corrected chi connectivity index (χ0v) is 17.1. The first-order valence-corrected chi connectivity index (χ1v) is 10.8. The van der Waals surface area contributed by atoms with E-state index in [1.807, 2.05) is 26.1 Å². The van der Waals surface area contributed by atoms with Crippen LogP contribution in [0.25, 0.3) is 10.9 Å². The number of rotatable bonds is 3. The summed E-state index contributed by atoms with van der Waals surface area (Å²) in [5, 5.41) is 0.674. The van der Waals surface area contributed by atoms with E-state index in [1.165, 1.54) is 12.1 Å². The van der Waals surface area contributed by atoms with Crippen LogP contribution in [0.5, 0.6) is 0 Å². The minimum atomic E-state index is -4.08. The molecule has 4 rings (SSSR count). The van der Waals surface area contributed by atoms with Crippen molar-refractivity contribution in [2.24, 2.45) is 0 Å². The van der Waals surface area contributed by atoms with Gasteiger partial charge in [0.05, 0.1) is 10.4 Å². The van der Waals surface area contributed by atoms with Gasteiger partial charge in [0.15, 0.2) is 0 Å². The second kappa shape index (κ2) is 7.27. The van der Waals surface area contributed by atoms with Gasteiger partial charge in [-0.2, -0.15) is 0 Å². The van der Waals surface area contributed by atoms with Gasteiger partial charge >= 0.3 is 0 Å². The number of halogens is 1. The lowest BCUT2D eigenvalue weighted by molar-refractivity contribution is 0.0657. The first-order valence-electron chi connectivity index (χ1n) is 9.38. The molecule has 1 aliphatic rings. The molecule has 1 aromatic heterocycles. The summed E-state index contributed by atoms with van der Waals surface area (Å²) < 4.78 is 41.3. The van der Waals surface area contributed by atoms with Crippen molar-refractivity contribution >= 4 is 26.8 Å². The highest BCUT2D eigenvalue weighted by Crippen LogP contribution is 2.28. The highest BCUT2D eigenvalue weighted by Gasteiger charge is 2.30. The molecule has 0 aliphatic carbocycles. The molecule has 0 saturated carbocycles. The van der Waals surface area contributed by atoms with E-state index in [0.29, 0.717) is 24.0 Å². The number of piperazine rings is 1. The Kier molecular flexibility index (Phi) is 4.92. The number of likely N-dealkylation sites (N-methyl/N-ethyl adjacent to an activating group) is 1. The maximum Gasteiger partial charge on any atom is 0.271 e. The SMILES string of the molecule is Cc1ccc2c(c1)cc(C(=O)N1CCN(C)CC1)n2S(=O)(=O)c1ccc(F)cc1. The van der Waals surface area contributed by atoms with Gasteiger partial charge in [0, 0.05) is 31.6 Å². The van der Waals surface area contributed by atoms with E-state index in [1.54, 1.807) is 17.0 Å². The molecule has 0 spiro atoms. The van der Waals surface area contributed by atoms with E-state index in [4.69, 9.17) is 0 Å². The van der Waals surface area contributed by atoms with Crippen molar-refractivity contribution in [3.63, 3.8) is 0 Å². The Balaban J connectivity index is 1.88. The molecule has 1 aliphatic heterocycles. The number of amides is 1. The van der Waals surface area contributed by atoms with Gasteiger partial charge in [0.1, 0.15) is 11.5 Å². The number of carbonyl (C=O) groups is 1. The molecule has 29 heavy (non-hydrogen) atoms. The summed E-state index contributed by atoms with van der Waals surface area (Å²) in [6.07, 6.45) is 0. The van der Waals surface area contributed by atoms with Crippen LogP contribution in [0.2, 0.25) is 0 Å². The number of aryl methyl sites for hydroxylation is 1. The highest BCUT2D eigenvalue weighted by molar-refractivity contribution is 7.90. The van der Waals surface area contributed by atoms with Gasteiger partial charge in [0.25, 0.3) is 15.9 Å². The topological polar surface area (TPSA) is 62.6 Å². The van der Waals surface area contributed by atoms with Gasteiger partial charge in [-0.3, -0.25) is 4.79 Å². The molecule has 1 amide bonds. The molecule has 0 unspecified atom stereocenters. The number of hydrogen-bond acceptors (Lipinski definition) is 4. The van der Waals surface area contributed by atoms with E-state index in [0.717, 1.165) is 34.8 Å². The molecule has 2 aromatic carbocycles. The normalized spacial score (nSPS) is 15.8. The summed E-state index contributed by atoms with van der Waals surface area (Å²) >= 11 is 0. The number of nitrogens with zero attached hydrogens (tertiary/aromatic N) is 3. The first kappa shape index (κ1) is 19.6. The van der Waals surface area contributed by atoms with E-state index in [2.05, 4.69) is 4.90 Å². The Morgan fingerprint density at radius 2 is 1.62 bits per heavy atom. The minimum Gasteiger partial charge on any atom is -0.335 e. The fourth-order valence-electron chi connectivity index (χ4n) is 3.60. The molecular formula is C21H22FN3O3S. The van der Waals surface area contributed by atoms with E-state index >= 15 is 0 Å². The van der Waals surface area contributed by atoms with Crippen LogP contribution in [0.4, 0.5) is 4.39 Å². The Morgan fingerprint density at radius 1 is 0.966 bits per heavy atom. The average molecular weight is 415 g/mol. The van der Waals surface area contributed by atoms with E-state index < -0.39 is 15.8 Å². The zero-order valence-electron chi connectivity index (χ0n) is 16.3. The van der Waals surface area contributed by atoms with Gasteiger partial charge in [-0.05, 0) is 56.4 Å². The second-order valence-electron chi connectivity index (χ2n) is 7.41. The third kappa shape index (κ3) is 3.54. The summed E-state index contributed by atoms with van der Waals surface area (Å²) in [4.78, 5) is 17.0. The summed E-state index contributed by atoms with van der Waals surface area (Å²) in [6, 6.07) is 11.6. The van der Waals surface area contributed by atoms with Crippen molar-refractivity contribution in [1.82, 2.24) is 13.8 Å². The molecule has 0 bridgehead atoms. The molecule has 1 fully saturated rings. The largest absolute Gasteiger partial charge is 0.335 e. The molecule has 0 radical (unpaired) electrons. The molecule has 8 heteroatoms. The Hall–Kier alpha value is -2.71. The smallest absolute Gasteiger partial charge is 0.271 e. The highest BCUT2D eigenvalue weighted by atomic mass is 32.2. The molecule has 3 aromatic rings. The lowest BCUT2D eigenvalue weighted by Crippen LogP contribution is -2.47. The summed E-state index contributed by atoms with van der Waals surface area (Å²) in [7, 11) is -2.10.